The quantitative estimate of drug-likeness (QED) is 0.458. The van der Waals surface area contributed by atoms with Gasteiger partial charge in [0.25, 0.3) is 0 Å². The molecule has 2 heteroatoms. The van der Waals surface area contributed by atoms with Gasteiger partial charge >= 0.3 is 0 Å². The van der Waals surface area contributed by atoms with Crippen molar-refractivity contribution < 1.29 is 0 Å². The first-order valence-corrected chi connectivity index (χ1v) is 11.9. The fourth-order valence-electron chi connectivity index (χ4n) is 4.50. The number of hydrogen-bond donors (Lipinski definition) is 0. The van der Waals surface area contributed by atoms with Crippen LogP contribution in [0.1, 0.15) is 79.1 Å². The Kier molecular flexibility index (Phi) is 6.56. The summed E-state index contributed by atoms with van der Waals surface area (Å²) in [5.74, 6) is 0. The van der Waals surface area contributed by atoms with Crippen LogP contribution in [0.2, 0.25) is 0 Å². The van der Waals surface area contributed by atoms with E-state index in [-0.39, 0.29) is 15.8 Å². The summed E-state index contributed by atoms with van der Waals surface area (Å²) in [6.45, 7) is 14.4. The summed E-state index contributed by atoms with van der Waals surface area (Å²) in [5.41, 5.74) is 4.06. The summed E-state index contributed by atoms with van der Waals surface area (Å²) in [4.78, 5) is 0. The van der Waals surface area contributed by atoms with Crippen molar-refractivity contribution >= 4 is 15.8 Å². The minimum Gasteiger partial charge on any atom is -0.0908 e. The van der Waals surface area contributed by atoms with Crippen molar-refractivity contribution in [1.82, 2.24) is 0 Å². The Morgan fingerprint density at radius 1 is 0.700 bits per heavy atom. The van der Waals surface area contributed by atoms with Crippen molar-refractivity contribution in [2.75, 3.05) is 0 Å². The van der Waals surface area contributed by atoms with Gasteiger partial charge in [0.15, 0.2) is 0 Å². The van der Waals surface area contributed by atoms with Gasteiger partial charge < -0.3 is 0 Å². The van der Waals surface area contributed by atoms with Gasteiger partial charge in [0.05, 0.1) is 0 Å². The molecule has 0 saturated carbocycles. The molecule has 2 saturated heterocycles. The third-order valence-electron chi connectivity index (χ3n) is 5.72. The van der Waals surface area contributed by atoms with Crippen LogP contribution in [0.25, 0.3) is 0 Å². The average molecular weight is 312 g/mol. The molecule has 0 radical (unpaired) electrons. The first-order chi connectivity index (χ1) is 9.67. The lowest BCUT2D eigenvalue weighted by Gasteiger charge is -2.35. The number of rotatable bonds is 6. The van der Waals surface area contributed by atoms with Gasteiger partial charge in [0, 0.05) is 0 Å². The second-order valence-electron chi connectivity index (χ2n) is 6.63. The highest BCUT2D eigenvalue weighted by atomic mass is 31.2. The minimum atomic E-state index is 0.125. The Morgan fingerprint density at radius 3 is 1.15 bits per heavy atom. The van der Waals surface area contributed by atoms with Crippen molar-refractivity contribution in [2.45, 2.75) is 102 Å². The van der Waals surface area contributed by atoms with E-state index in [1.807, 2.05) is 5.06 Å². The highest BCUT2D eigenvalue weighted by Crippen LogP contribution is 2.76. The van der Waals surface area contributed by atoms with Crippen molar-refractivity contribution in [1.29, 1.82) is 0 Å². The molecule has 20 heavy (non-hydrogen) atoms. The maximum absolute atomic E-state index is 4.77. The van der Waals surface area contributed by atoms with Crippen LogP contribution in [0.3, 0.4) is 0 Å². The molecule has 0 spiro atoms. The van der Waals surface area contributed by atoms with E-state index < -0.39 is 0 Å². The monoisotopic (exact) mass is 312 g/mol. The Morgan fingerprint density at radius 2 is 0.950 bits per heavy atom. The first kappa shape index (κ1) is 17.0. The molecule has 0 bridgehead atoms. The molecule has 0 amide bonds. The summed E-state index contributed by atoms with van der Waals surface area (Å²) in [7, 11) is 0.251. The van der Waals surface area contributed by atoms with Crippen molar-refractivity contribution in [2.24, 2.45) is 0 Å². The van der Waals surface area contributed by atoms with Crippen LogP contribution in [0.15, 0.2) is 11.6 Å². The summed E-state index contributed by atoms with van der Waals surface area (Å²) in [5, 5.41) is 1.81. The second kappa shape index (κ2) is 7.74. The van der Waals surface area contributed by atoms with Crippen molar-refractivity contribution in [3.8, 4) is 0 Å². The van der Waals surface area contributed by atoms with Crippen LogP contribution in [-0.2, 0) is 0 Å². The molecule has 116 valence electrons. The normalized spacial score (nSPS) is 38.5. The predicted molar refractivity (Wildman–Crippen MR) is 97.8 cm³/mol. The molecule has 2 aliphatic heterocycles. The van der Waals surface area contributed by atoms with Gasteiger partial charge in [-0.05, 0) is 79.1 Å². The molecule has 5 atom stereocenters. The second-order valence-corrected chi connectivity index (χ2v) is 12.6. The van der Waals surface area contributed by atoms with E-state index in [2.05, 4.69) is 27.7 Å². The van der Waals surface area contributed by atoms with E-state index in [1.54, 1.807) is 0 Å². The maximum atomic E-state index is 4.77. The molecule has 2 aliphatic rings. The zero-order valence-electron chi connectivity index (χ0n) is 14.1. The molecule has 0 nitrogen and oxygen atoms in total. The van der Waals surface area contributed by atoms with Gasteiger partial charge in [-0.1, -0.05) is 50.1 Å². The van der Waals surface area contributed by atoms with Gasteiger partial charge in [-0.2, -0.15) is 0 Å². The van der Waals surface area contributed by atoms with Gasteiger partial charge in [0.2, 0.25) is 0 Å². The topological polar surface area (TPSA) is 0 Å². The molecule has 2 unspecified atom stereocenters. The molecule has 2 fully saturated rings. The predicted octanol–water partition coefficient (Wildman–Crippen LogP) is 7.12. The highest BCUT2D eigenvalue weighted by Gasteiger charge is 2.43. The molecule has 0 aromatic carbocycles. The third kappa shape index (κ3) is 3.17. The molecule has 2 rings (SSSR count). The van der Waals surface area contributed by atoms with Gasteiger partial charge in [-0.3, -0.25) is 0 Å². The molecular formula is C18H34P2. The molecule has 0 aromatic rings. The summed E-state index contributed by atoms with van der Waals surface area (Å²) < 4.78 is 0. The Labute approximate surface area is 129 Å². The fourth-order valence-corrected chi connectivity index (χ4v) is 13.7. The summed E-state index contributed by atoms with van der Waals surface area (Å²) >= 11 is 0. The first-order valence-electron chi connectivity index (χ1n) is 8.93. The summed E-state index contributed by atoms with van der Waals surface area (Å²) in [6, 6.07) is 0. The van der Waals surface area contributed by atoms with Crippen LogP contribution in [0.5, 0.6) is 0 Å². The minimum absolute atomic E-state index is 0.125. The van der Waals surface area contributed by atoms with Crippen molar-refractivity contribution in [3.63, 3.8) is 0 Å². The van der Waals surface area contributed by atoms with Crippen LogP contribution >= 0.6 is 15.8 Å². The lowest BCUT2D eigenvalue weighted by molar-refractivity contribution is 0.696. The molecule has 0 aromatic heterocycles. The average Bonchev–Trinajstić information content (AvgIpc) is 3.08. The van der Waals surface area contributed by atoms with Crippen LogP contribution in [0, 0.1) is 0 Å². The molecule has 0 N–H and O–H groups in total. The van der Waals surface area contributed by atoms with Crippen LogP contribution < -0.4 is 0 Å². The zero-order chi connectivity index (χ0) is 14.7. The van der Waals surface area contributed by atoms with Gasteiger partial charge in [-0.25, -0.2) is 0 Å². The van der Waals surface area contributed by atoms with E-state index in [9.17, 15) is 0 Å². The zero-order valence-corrected chi connectivity index (χ0v) is 15.9. The van der Waals surface area contributed by atoms with E-state index in [1.165, 1.54) is 51.4 Å². The Bertz CT molecular complexity index is 271. The van der Waals surface area contributed by atoms with E-state index in [0.717, 1.165) is 22.6 Å². The number of hydrogen-bond acceptors (Lipinski definition) is 0. The van der Waals surface area contributed by atoms with Gasteiger partial charge in [-0.15, -0.1) is 0 Å². The van der Waals surface area contributed by atoms with E-state index in [0.29, 0.717) is 0 Å². The largest absolute Gasteiger partial charge is 0.0908 e. The SMILES string of the molecule is C=C(P1C(CC)CC[C@H]1CC)P1[C@H](CC)CC[C@H]1CC. The third-order valence-corrected chi connectivity index (χ3v) is 13.9. The standard InChI is InChI=1S/C18H34P2/c1-6-15-10-11-16(7-2)19(15)14(5)20-17(8-3)12-13-18(20)9-4/h15-18H,5-13H2,1-4H3/t15-,16-,17-,18?,20?/m1/s1. The van der Waals surface area contributed by atoms with E-state index >= 15 is 0 Å². The van der Waals surface area contributed by atoms with Crippen LogP contribution in [-0.4, -0.2) is 22.6 Å². The highest BCUT2D eigenvalue weighted by molar-refractivity contribution is 7.83. The Balaban J connectivity index is 2.18. The lowest BCUT2D eigenvalue weighted by atomic mass is 10.1. The smallest absolute Gasteiger partial charge is 0.0169 e. The van der Waals surface area contributed by atoms with E-state index in [4.69, 9.17) is 6.58 Å². The lowest BCUT2D eigenvalue weighted by Crippen LogP contribution is -2.09. The van der Waals surface area contributed by atoms with Gasteiger partial charge in [0.1, 0.15) is 0 Å². The molecule has 2 heterocycles. The van der Waals surface area contributed by atoms with Crippen molar-refractivity contribution in [3.05, 3.63) is 11.6 Å². The maximum Gasteiger partial charge on any atom is -0.0169 e. The summed E-state index contributed by atoms with van der Waals surface area (Å²) in [6.07, 6.45) is 11.6. The fraction of sp³-hybridized carbons (Fsp3) is 0.889. The molecule has 0 aliphatic carbocycles. The molecular weight excluding hydrogens is 278 g/mol. The van der Waals surface area contributed by atoms with Crippen LogP contribution in [0.4, 0.5) is 0 Å². The Hall–Kier alpha value is 0.600.